The highest BCUT2D eigenvalue weighted by Gasteiger charge is 2.19. The Morgan fingerprint density at radius 1 is 1.21 bits per heavy atom. The predicted octanol–water partition coefficient (Wildman–Crippen LogP) is 3.19. The summed E-state index contributed by atoms with van der Waals surface area (Å²) in [5, 5.41) is 3.36. The van der Waals surface area contributed by atoms with Crippen LogP contribution in [0.15, 0.2) is 24.3 Å². The third-order valence-corrected chi connectivity index (χ3v) is 4.15. The van der Waals surface area contributed by atoms with Crippen molar-refractivity contribution < 1.29 is 4.74 Å². The lowest BCUT2D eigenvalue weighted by Crippen LogP contribution is -2.26. The highest BCUT2D eigenvalue weighted by atomic mass is 16.5. The van der Waals surface area contributed by atoms with Crippen molar-refractivity contribution in [2.45, 2.75) is 32.6 Å². The van der Waals surface area contributed by atoms with Gasteiger partial charge in [-0.15, -0.1) is 0 Å². The van der Waals surface area contributed by atoms with Crippen LogP contribution in [0.5, 0.6) is 0 Å². The van der Waals surface area contributed by atoms with Gasteiger partial charge in [0.25, 0.3) is 0 Å². The fraction of sp³-hybridized carbons (Fsp3) is 0.647. The number of hydrogen-bond donors (Lipinski definition) is 1. The molecule has 2 nitrogen and oxygen atoms in total. The van der Waals surface area contributed by atoms with Gasteiger partial charge in [0, 0.05) is 13.2 Å². The summed E-state index contributed by atoms with van der Waals surface area (Å²) in [6, 6.07) is 9.00. The van der Waals surface area contributed by atoms with Crippen molar-refractivity contribution in [1.82, 2.24) is 5.32 Å². The van der Waals surface area contributed by atoms with Crippen molar-refractivity contribution in [1.29, 1.82) is 0 Å². The zero-order chi connectivity index (χ0) is 13.5. The lowest BCUT2D eigenvalue weighted by Gasteiger charge is -2.26. The third-order valence-electron chi connectivity index (χ3n) is 4.15. The Kier molecular flexibility index (Phi) is 5.87. The van der Waals surface area contributed by atoms with Crippen LogP contribution >= 0.6 is 0 Å². The topological polar surface area (TPSA) is 21.3 Å². The minimum absolute atomic E-state index is 0.746. The minimum Gasteiger partial charge on any atom is -0.381 e. The smallest absolute Gasteiger partial charge is 0.0468 e. The van der Waals surface area contributed by atoms with Crippen LogP contribution in [0.1, 0.15) is 30.4 Å². The maximum Gasteiger partial charge on any atom is 0.0468 e. The monoisotopic (exact) mass is 261 g/mol. The Hall–Kier alpha value is -0.860. The van der Waals surface area contributed by atoms with Crippen LogP contribution in [0.3, 0.4) is 0 Å². The van der Waals surface area contributed by atoms with Crippen molar-refractivity contribution in [2.24, 2.45) is 11.8 Å². The number of aryl methyl sites for hydroxylation is 1. The molecule has 0 spiro atoms. The molecule has 1 aliphatic rings. The number of benzene rings is 1. The van der Waals surface area contributed by atoms with Gasteiger partial charge in [-0.3, -0.25) is 0 Å². The van der Waals surface area contributed by atoms with Gasteiger partial charge in [0.05, 0.1) is 0 Å². The van der Waals surface area contributed by atoms with E-state index < -0.39 is 0 Å². The molecule has 0 amide bonds. The van der Waals surface area contributed by atoms with E-state index in [1.165, 1.54) is 36.8 Å². The number of nitrogens with one attached hydrogen (secondary N) is 1. The lowest BCUT2D eigenvalue weighted by molar-refractivity contribution is 0.0586. The van der Waals surface area contributed by atoms with E-state index in [9.17, 15) is 0 Å². The van der Waals surface area contributed by atoms with Gasteiger partial charge >= 0.3 is 0 Å². The first-order valence-corrected chi connectivity index (χ1v) is 7.56. The van der Waals surface area contributed by atoms with Gasteiger partial charge in [0.1, 0.15) is 0 Å². The molecule has 1 unspecified atom stereocenters. The van der Waals surface area contributed by atoms with Crippen molar-refractivity contribution >= 4 is 0 Å². The molecule has 0 saturated carbocycles. The SMILES string of the molecule is CNCC(Cc1ccc(C)cc1)CC1CCOCC1. The molecule has 0 aromatic heterocycles. The van der Waals surface area contributed by atoms with E-state index in [0.29, 0.717) is 0 Å². The Morgan fingerprint density at radius 3 is 2.53 bits per heavy atom. The molecule has 0 bridgehead atoms. The first-order chi connectivity index (χ1) is 9.28. The van der Waals surface area contributed by atoms with E-state index in [1.54, 1.807) is 0 Å². The molecular weight excluding hydrogens is 234 g/mol. The molecule has 2 rings (SSSR count). The van der Waals surface area contributed by atoms with E-state index >= 15 is 0 Å². The Bertz CT molecular complexity index is 354. The third kappa shape index (κ3) is 4.96. The van der Waals surface area contributed by atoms with Gasteiger partial charge in [0.15, 0.2) is 0 Å². The molecular formula is C17H27NO. The predicted molar refractivity (Wildman–Crippen MR) is 80.5 cm³/mol. The van der Waals surface area contributed by atoms with E-state index in [-0.39, 0.29) is 0 Å². The van der Waals surface area contributed by atoms with E-state index in [2.05, 4.69) is 43.6 Å². The molecule has 0 radical (unpaired) electrons. The molecule has 106 valence electrons. The first-order valence-electron chi connectivity index (χ1n) is 7.56. The quantitative estimate of drug-likeness (QED) is 0.849. The van der Waals surface area contributed by atoms with Gasteiger partial charge in [0.2, 0.25) is 0 Å². The van der Waals surface area contributed by atoms with Crippen LogP contribution < -0.4 is 5.32 Å². The summed E-state index contributed by atoms with van der Waals surface area (Å²) >= 11 is 0. The molecule has 0 aliphatic carbocycles. The second-order valence-corrected chi connectivity index (χ2v) is 5.90. The van der Waals surface area contributed by atoms with Gasteiger partial charge < -0.3 is 10.1 Å². The zero-order valence-corrected chi connectivity index (χ0v) is 12.3. The summed E-state index contributed by atoms with van der Waals surface area (Å²) in [6.45, 7) is 5.19. The summed E-state index contributed by atoms with van der Waals surface area (Å²) in [7, 11) is 2.06. The minimum atomic E-state index is 0.746. The zero-order valence-electron chi connectivity index (χ0n) is 12.3. The summed E-state index contributed by atoms with van der Waals surface area (Å²) in [5.41, 5.74) is 2.82. The highest BCUT2D eigenvalue weighted by molar-refractivity contribution is 5.21. The molecule has 1 heterocycles. The van der Waals surface area contributed by atoms with Crippen LogP contribution in [0.2, 0.25) is 0 Å². The maximum absolute atomic E-state index is 5.46. The van der Waals surface area contributed by atoms with Crippen LogP contribution in [-0.4, -0.2) is 26.8 Å². The second kappa shape index (κ2) is 7.66. The number of hydrogen-bond acceptors (Lipinski definition) is 2. The average molecular weight is 261 g/mol. The molecule has 1 saturated heterocycles. The number of ether oxygens (including phenoxy) is 1. The van der Waals surface area contributed by atoms with Gasteiger partial charge in [-0.25, -0.2) is 0 Å². The summed E-state index contributed by atoms with van der Waals surface area (Å²) in [5.74, 6) is 1.60. The molecule has 1 aliphatic heterocycles. The van der Waals surface area contributed by atoms with Gasteiger partial charge in [-0.1, -0.05) is 29.8 Å². The second-order valence-electron chi connectivity index (χ2n) is 5.90. The Labute approximate surface area is 117 Å². The fourth-order valence-electron chi connectivity index (χ4n) is 3.04. The molecule has 1 atom stereocenters. The van der Waals surface area contributed by atoms with Crippen LogP contribution in [0.25, 0.3) is 0 Å². The molecule has 1 aromatic carbocycles. The largest absolute Gasteiger partial charge is 0.381 e. The van der Waals surface area contributed by atoms with E-state index in [0.717, 1.165) is 31.6 Å². The molecule has 19 heavy (non-hydrogen) atoms. The van der Waals surface area contributed by atoms with Crippen molar-refractivity contribution in [3.63, 3.8) is 0 Å². The van der Waals surface area contributed by atoms with E-state index in [4.69, 9.17) is 4.74 Å². The van der Waals surface area contributed by atoms with Crippen LogP contribution in [0, 0.1) is 18.8 Å². The average Bonchev–Trinajstić information content (AvgIpc) is 2.43. The van der Waals surface area contributed by atoms with Crippen molar-refractivity contribution in [2.75, 3.05) is 26.8 Å². The summed E-state index contributed by atoms with van der Waals surface area (Å²) < 4.78 is 5.46. The lowest BCUT2D eigenvalue weighted by atomic mass is 9.85. The standard InChI is InChI=1S/C17H27NO/c1-14-3-5-15(6-4-14)11-17(13-18-2)12-16-7-9-19-10-8-16/h3-6,16-18H,7-13H2,1-2H3. The van der Waals surface area contributed by atoms with Gasteiger partial charge in [-0.2, -0.15) is 0 Å². The molecule has 1 aromatic rings. The highest BCUT2D eigenvalue weighted by Crippen LogP contribution is 2.25. The van der Waals surface area contributed by atoms with Gasteiger partial charge in [-0.05, 0) is 63.6 Å². The Morgan fingerprint density at radius 2 is 1.89 bits per heavy atom. The normalized spacial score (nSPS) is 18.4. The molecule has 2 heteroatoms. The molecule has 1 N–H and O–H groups in total. The van der Waals surface area contributed by atoms with E-state index in [1.807, 2.05) is 0 Å². The molecule has 1 fully saturated rings. The summed E-state index contributed by atoms with van der Waals surface area (Å²) in [4.78, 5) is 0. The fourth-order valence-corrected chi connectivity index (χ4v) is 3.04. The van der Waals surface area contributed by atoms with Crippen LogP contribution in [-0.2, 0) is 11.2 Å². The van der Waals surface area contributed by atoms with Crippen molar-refractivity contribution in [3.8, 4) is 0 Å². The Balaban J connectivity index is 1.89. The first kappa shape index (κ1) is 14.5. The summed E-state index contributed by atoms with van der Waals surface area (Å²) in [6.07, 6.45) is 5.01. The van der Waals surface area contributed by atoms with Crippen molar-refractivity contribution in [3.05, 3.63) is 35.4 Å². The number of rotatable bonds is 6. The maximum atomic E-state index is 5.46. The van der Waals surface area contributed by atoms with Crippen LogP contribution in [0.4, 0.5) is 0 Å².